The molecule has 6 heteroatoms. The van der Waals surface area contributed by atoms with Gasteiger partial charge in [-0.05, 0) is 37.5 Å². The van der Waals surface area contributed by atoms with Crippen molar-refractivity contribution in [1.29, 1.82) is 0 Å². The van der Waals surface area contributed by atoms with Crippen molar-refractivity contribution in [3.05, 3.63) is 41.5 Å². The normalized spacial score (nSPS) is 17.5. The van der Waals surface area contributed by atoms with E-state index < -0.39 is 0 Å². The molecule has 6 nitrogen and oxygen atoms in total. The zero-order chi connectivity index (χ0) is 15.8. The summed E-state index contributed by atoms with van der Waals surface area (Å²) >= 11 is 0. The van der Waals surface area contributed by atoms with Crippen LogP contribution in [-0.4, -0.2) is 44.8 Å². The van der Waals surface area contributed by atoms with Gasteiger partial charge in [0.2, 0.25) is 5.82 Å². The topological polar surface area (TPSA) is 60.2 Å². The number of likely N-dealkylation sites (tertiary alicyclic amines) is 1. The molecule has 1 saturated heterocycles. The summed E-state index contributed by atoms with van der Waals surface area (Å²) in [6, 6.07) is 7.98. The van der Waals surface area contributed by atoms with E-state index in [1.165, 1.54) is 5.56 Å². The highest BCUT2D eigenvalue weighted by molar-refractivity contribution is 5.91. The van der Waals surface area contributed by atoms with Gasteiger partial charge in [0.05, 0.1) is 13.1 Å². The van der Waals surface area contributed by atoms with Crippen molar-refractivity contribution in [3.8, 4) is 5.75 Å². The zero-order valence-corrected chi connectivity index (χ0v) is 13.2. The number of carbonyl (C=O) groups is 1. The number of amides is 1. The van der Waals surface area contributed by atoms with Crippen molar-refractivity contribution < 1.29 is 9.53 Å². The van der Waals surface area contributed by atoms with Crippen molar-refractivity contribution in [2.75, 3.05) is 13.1 Å². The van der Waals surface area contributed by atoms with Crippen LogP contribution in [0.15, 0.2) is 24.3 Å². The third-order valence-corrected chi connectivity index (χ3v) is 4.48. The molecule has 1 aromatic heterocycles. The number of nitrogens with zero attached hydrogens (tertiary/aromatic N) is 4. The fourth-order valence-corrected chi connectivity index (χ4v) is 3.17. The lowest BCUT2D eigenvalue weighted by Crippen LogP contribution is -2.56. The number of benzene rings is 1. The summed E-state index contributed by atoms with van der Waals surface area (Å²) in [5, 5.41) is 8.25. The number of carbonyl (C=O) groups excluding carboxylic acids is 1. The Hall–Kier alpha value is -2.37. The minimum atomic E-state index is -0.0326. The number of ether oxygens (including phenoxy) is 1. The van der Waals surface area contributed by atoms with Crippen LogP contribution in [0.1, 0.15) is 34.8 Å². The van der Waals surface area contributed by atoms with Crippen molar-refractivity contribution in [3.63, 3.8) is 0 Å². The molecule has 0 aliphatic carbocycles. The first-order valence-electron chi connectivity index (χ1n) is 8.15. The van der Waals surface area contributed by atoms with Crippen molar-refractivity contribution in [2.24, 2.45) is 0 Å². The summed E-state index contributed by atoms with van der Waals surface area (Å²) < 4.78 is 7.88. The van der Waals surface area contributed by atoms with E-state index >= 15 is 0 Å². The Labute approximate surface area is 135 Å². The number of rotatable bonds is 3. The number of hydrogen-bond acceptors (Lipinski definition) is 4. The first-order valence-corrected chi connectivity index (χ1v) is 8.15. The zero-order valence-electron chi connectivity index (χ0n) is 13.2. The van der Waals surface area contributed by atoms with Gasteiger partial charge in [0, 0.05) is 13.0 Å². The largest absolute Gasteiger partial charge is 0.487 e. The summed E-state index contributed by atoms with van der Waals surface area (Å²) in [6.45, 7) is 4.10. The number of aromatic nitrogens is 3. The monoisotopic (exact) mass is 312 g/mol. The molecule has 2 aliphatic rings. The van der Waals surface area contributed by atoms with E-state index in [0.717, 1.165) is 37.4 Å². The van der Waals surface area contributed by atoms with E-state index in [4.69, 9.17) is 4.74 Å². The molecule has 23 heavy (non-hydrogen) atoms. The minimum Gasteiger partial charge on any atom is -0.487 e. The standard InChI is InChI=1S/C17H20N4O2/c1-12-5-4-6-13(9-12)23-14-10-20(11-14)17(22)16-19-18-15-7-2-3-8-21(15)16/h4-6,9,14H,2-3,7-8,10-11H2,1H3. The molecular weight excluding hydrogens is 292 g/mol. The fourth-order valence-electron chi connectivity index (χ4n) is 3.17. The fraction of sp³-hybridized carbons (Fsp3) is 0.471. The van der Waals surface area contributed by atoms with Gasteiger partial charge in [0.1, 0.15) is 17.7 Å². The van der Waals surface area contributed by atoms with Crippen molar-refractivity contribution in [2.45, 2.75) is 38.8 Å². The van der Waals surface area contributed by atoms with Gasteiger partial charge in [0.25, 0.3) is 5.91 Å². The third kappa shape index (κ3) is 2.69. The van der Waals surface area contributed by atoms with Crippen LogP contribution in [0.4, 0.5) is 0 Å². The molecule has 0 unspecified atom stereocenters. The Balaban J connectivity index is 1.38. The van der Waals surface area contributed by atoms with Gasteiger partial charge in [-0.15, -0.1) is 10.2 Å². The van der Waals surface area contributed by atoms with Crippen molar-refractivity contribution >= 4 is 5.91 Å². The number of hydrogen-bond donors (Lipinski definition) is 0. The molecule has 1 fully saturated rings. The molecule has 1 aromatic carbocycles. The van der Waals surface area contributed by atoms with Crippen LogP contribution in [0, 0.1) is 6.92 Å². The number of aryl methyl sites for hydroxylation is 2. The molecule has 3 heterocycles. The Morgan fingerprint density at radius 1 is 1.26 bits per heavy atom. The van der Waals surface area contributed by atoms with Crippen LogP contribution < -0.4 is 4.74 Å². The Kier molecular flexibility index (Phi) is 3.52. The van der Waals surface area contributed by atoms with E-state index in [9.17, 15) is 4.79 Å². The predicted molar refractivity (Wildman–Crippen MR) is 84.5 cm³/mol. The van der Waals surface area contributed by atoms with Crippen molar-refractivity contribution in [1.82, 2.24) is 19.7 Å². The highest BCUT2D eigenvalue weighted by atomic mass is 16.5. The molecule has 4 rings (SSSR count). The summed E-state index contributed by atoms with van der Waals surface area (Å²) in [4.78, 5) is 14.3. The molecule has 120 valence electrons. The first kappa shape index (κ1) is 14.2. The lowest BCUT2D eigenvalue weighted by molar-refractivity contribution is 0.0164. The van der Waals surface area contributed by atoms with Crippen LogP contribution in [0.5, 0.6) is 5.75 Å². The van der Waals surface area contributed by atoms with E-state index in [-0.39, 0.29) is 12.0 Å². The second-order valence-electron chi connectivity index (χ2n) is 6.32. The second-order valence-corrected chi connectivity index (χ2v) is 6.32. The summed E-state index contributed by atoms with van der Waals surface area (Å²) in [6.07, 6.45) is 3.19. The van der Waals surface area contributed by atoms with E-state index in [0.29, 0.717) is 18.9 Å². The molecule has 2 aliphatic heterocycles. The minimum absolute atomic E-state index is 0.0326. The average molecular weight is 312 g/mol. The molecule has 0 spiro atoms. The molecule has 0 N–H and O–H groups in total. The van der Waals surface area contributed by atoms with Crippen LogP contribution in [0.2, 0.25) is 0 Å². The van der Waals surface area contributed by atoms with Gasteiger partial charge in [-0.1, -0.05) is 12.1 Å². The predicted octanol–water partition coefficient (Wildman–Crippen LogP) is 1.83. The highest BCUT2D eigenvalue weighted by Gasteiger charge is 2.35. The van der Waals surface area contributed by atoms with Crippen LogP contribution >= 0.6 is 0 Å². The van der Waals surface area contributed by atoms with Crippen LogP contribution in [0.25, 0.3) is 0 Å². The average Bonchev–Trinajstić information content (AvgIpc) is 2.94. The first-order chi connectivity index (χ1) is 11.2. The Morgan fingerprint density at radius 3 is 2.96 bits per heavy atom. The van der Waals surface area contributed by atoms with Gasteiger partial charge in [-0.2, -0.15) is 0 Å². The van der Waals surface area contributed by atoms with Crippen LogP contribution in [0.3, 0.4) is 0 Å². The Morgan fingerprint density at radius 2 is 2.13 bits per heavy atom. The van der Waals surface area contributed by atoms with E-state index in [2.05, 4.69) is 10.2 Å². The smallest absolute Gasteiger partial charge is 0.292 e. The molecular formula is C17H20N4O2. The maximum atomic E-state index is 12.6. The molecule has 0 atom stereocenters. The third-order valence-electron chi connectivity index (χ3n) is 4.48. The van der Waals surface area contributed by atoms with Gasteiger partial charge in [-0.3, -0.25) is 4.79 Å². The molecule has 0 saturated carbocycles. The lowest BCUT2D eigenvalue weighted by Gasteiger charge is -2.38. The second kappa shape index (κ2) is 5.68. The lowest BCUT2D eigenvalue weighted by atomic mass is 10.1. The molecule has 0 bridgehead atoms. The SMILES string of the molecule is Cc1cccc(OC2CN(C(=O)c3nnc4n3CCCC4)C2)c1. The summed E-state index contributed by atoms with van der Waals surface area (Å²) in [5.41, 5.74) is 1.17. The van der Waals surface area contributed by atoms with Crippen LogP contribution in [-0.2, 0) is 13.0 Å². The maximum absolute atomic E-state index is 12.6. The molecule has 1 amide bonds. The van der Waals surface area contributed by atoms with Gasteiger partial charge in [0.15, 0.2) is 0 Å². The quantitative estimate of drug-likeness (QED) is 0.867. The Bertz CT molecular complexity index is 734. The maximum Gasteiger partial charge on any atom is 0.292 e. The van der Waals surface area contributed by atoms with Gasteiger partial charge < -0.3 is 14.2 Å². The van der Waals surface area contributed by atoms with Gasteiger partial charge >= 0.3 is 0 Å². The summed E-state index contributed by atoms with van der Waals surface area (Å²) in [5.74, 6) is 2.25. The van der Waals surface area contributed by atoms with E-state index in [1.54, 1.807) is 4.90 Å². The molecule has 0 radical (unpaired) electrons. The molecule has 2 aromatic rings. The summed E-state index contributed by atoms with van der Waals surface area (Å²) in [7, 11) is 0. The highest BCUT2D eigenvalue weighted by Crippen LogP contribution is 2.22. The number of fused-ring (bicyclic) bond motifs is 1. The van der Waals surface area contributed by atoms with E-state index in [1.807, 2.05) is 35.8 Å². The van der Waals surface area contributed by atoms with Gasteiger partial charge in [-0.25, -0.2) is 0 Å².